The van der Waals surface area contributed by atoms with Crippen LogP contribution in [0.1, 0.15) is 46.3 Å². The fourth-order valence-corrected chi connectivity index (χ4v) is 3.95. The number of halogens is 4. The maximum Gasteiger partial charge on any atom is 0.433 e. The van der Waals surface area contributed by atoms with E-state index in [0.29, 0.717) is 37.2 Å². The Labute approximate surface area is 207 Å². The van der Waals surface area contributed by atoms with E-state index in [4.69, 9.17) is 4.74 Å². The van der Waals surface area contributed by atoms with Crippen LogP contribution in [0.15, 0.2) is 66.9 Å². The van der Waals surface area contributed by atoms with Crippen LogP contribution < -0.4 is 10.6 Å². The molecular formula is C27H29F4N3O2. The van der Waals surface area contributed by atoms with Crippen molar-refractivity contribution in [2.45, 2.75) is 31.5 Å². The lowest BCUT2D eigenvalue weighted by molar-refractivity contribution is -0.141. The van der Waals surface area contributed by atoms with Crippen molar-refractivity contribution in [1.82, 2.24) is 15.6 Å². The number of rotatable bonds is 11. The van der Waals surface area contributed by atoms with Gasteiger partial charge in [-0.3, -0.25) is 9.78 Å². The van der Waals surface area contributed by atoms with Crippen molar-refractivity contribution in [2.75, 3.05) is 26.8 Å². The molecule has 2 atom stereocenters. The van der Waals surface area contributed by atoms with Gasteiger partial charge in [0.2, 0.25) is 5.91 Å². The number of carbonyl (C=O) groups excluding carboxylic acids is 1. The lowest BCUT2D eigenvalue weighted by Gasteiger charge is -2.23. The number of methoxy groups -OCH3 is 1. The van der Waals surface area contributed by atoms with Gasteiger partial charge in [0.15, 0.2) is 0 Å². The van der Waals surface area contributed by atoms with Gasteiger partial charge < -0.3 is 15.4 Å². The molecule has 0 saturated carbocycles. The molecule has 0 radical (unpaired) electrons. The maximum absolute atomic E-state index is 13.9. The van der Waals surface area contributed by atoms with Gasteiger partial charge in [-0.25, -0.2) is 4.39 Å². The first kappa shape index (κ1) is 27.3. The van der Waals surface area contributed by atoms with Gasteiger partial charge >= 0.3 is 6.18 Å². The van der Waals surface area contributed by atoms with Gasteiger partial charge in [0.25, 0.3) is 0 Å². The number of benzene rings is 2. The molecule has 1 amide bonds. The van der Waals surface area contributed by atoms with Crippen LogP contribution in [-0.2, 0) is 15.7 Å². The first-order chi connectivity index (χ1) is 17.2. The van der Waals surface area contributed by atoms with Crippen LogP contribution in [0, 0.1) is 12.7 Å². The van der Waals surface area contributed by atoms with E-state index in [0.717, 1.165) is 17.2 Å². The Bertz CT molecular complexity index is 1120. The highest BCUT2D eigenvalue weighted by Gasteiger charge is 2.32. The second kappa shape index (κ2) is 12.6. The van der Waals surface area contributed by atoms with E-state index >= 15 is 0 Å². The molecule has 36 heavy (non-hydrogen) atoms. The summed E-state index contributed by atoms with van der Waals surface area (Å²) in [7, 11) is 1.55. The number of pyridine rings is 1. The van der Waals surface area contributed by atoms with Crippen LogP contribution in [0.2, 0.25) is 0 Å². The van der Waals surface area contributed by atoms with Gasteiger partial charge in [-0.05, 0) is 54.3 Å². The Morgan fingerprint density at radius 1 is 1.00 bits per heavy atom. The minimum absolute atomic E-state index is 0.219. The Morgan fingerprint density at radius 2 is 1.72 bits per heavy atom. The third-order valence-corrected chi connectivity index (χ3v) is 5.85. The fraction of sp³-hybridized carbons (Fsp3) is 0.333. The van der Waals surface area contributed by atoms with Gasteiger partial charge in [0.05, 0.1) is 6.61 Å². The van der Waals surface area contributed by atoms with Crippen molar-refractivity contribution in [1.29, 1.82) is 0 Å². The van der Waals surface area contributed by atoms with Crippen LogP contribution in [0.3, 0.4) is 0 Å². The highest BCUT2D eigenvalue weighted by molar-refractivity contribution is 5.83. The number of amides is 1. The summed E-state index contributed by atoms with van der Waals surface area (Å²) in [6, 6.07) is 15.6. The molecule has 0 saturated heterocycles. The number of ether oxygens (including phenoxy) is 1. The predicted octanol–water partition coefficient (Wildman–Crippen LogP) is 5.16. The van der Waals surface area contributed by atoms with Gasteiger partial charge in [-0.1, -0.05) is 48.5 Å². The molecule has 5 nitrogen and oxygen atoms in total. The summed E-state index contributed by atoms with van der Waals surface area (Å²) in [5.41, 5.74) is 1.55. The Kier molecular flexibility index (Phi) is 9.55. The van der Waals surface area contributed by atoms with Crippen molar-refractivity contribution in [3.05, 3.63) is 101 Å². The fourth-order valence-electron chi connectivity index (χ4n) is 3.95. The zero-order valence-electron chi connectivity index (χ0n) is 20.1. The summed E-state index contributed by atoms with van der Waals surface area (Å²) in [6.07, 6.45) is -2.90. The second-order valence-electron chi connectivity index (χ2n) is 8.41. The van der Waals surface area contributed by atoms with E-state index in [2.05, 4.69) is 15.6 Å². The Morgan fingerprint density at radius 3 is 2.33 bits per heavy atom. The smallest absolute Gasteiger partial charge is 0.383 e. The van der Waals surface area contributed by atoms with Crippen LogP contribution in [-0.4, -0.2) is 37.7 Å². The highest BCUT2D eigenvalue weighted by atomic mass is 19.4. The monoisotopic (exact) mass is 503 g/mol. The summed E-state index contributed by atoms with van der Waals surface area (Å²) in [5, 5.41) is 6.10. The molecule has 2 aromatic carbocycles. The molecule has 1 heterocycles. The van der Waals surface area contributed by atoms with Crippen LogP contribution >= 0.6 is 0 Å². The Hall–Kier alpha value is -3.30. The molecule has 0 fully saturated rings. The SMILES string of the molecule is COCCNC(=O)[C@@H](NCC[C@@H](c1ccc(C(F)(F)F)nc1)c1ccc(F)c(C)c1)c1ccccc1. The summed E-state index contributed by atoms with van der Waals surface area (Å²) >= 11 is 0. The van der Waals surface area contributed by atoms with Crippen LogP contribution in [0.5, 0.6) is 0 Å². The van der Waals surface area contributed by atoms with Crippen molar-refractivity contribution in [2.24, 2.45) is 0 Å². The number of hydrogen-bond donors (Lipinski definition) is 2. The summed E-state index contributed by atoms with van der Waals surface area (Å²) in [5.74, 6) is -0.943. The zero-order valence-corrected chi connectivity index (χ0v) is 20.1. The molecule has 2 N–H and O–H groups in total. The summed E-state index contributed by atoms with van der Waals surface area (Å²) in [4.78, 5) is 16.5. The van der Waals surface area contributed by atoms with E-state index in [9.17, 15) is 22.4 Å². The number of aromatic nitrogens is 1. The maximum atomic E-state index is 13.9. The molecule has 0 unspecified atom stereocenters. The number of alkyl halides is 3. The lowest BCUT2D eigenvalue weighted by atomic mass is 9.88. The molecule has 3 rings (SSSR count). The second-order valence-corrected chi connectivity index (χ2v) is 8.41. The molecular weight excluding hydrogens is 474 g/mol. The highest BCUT2D eigenvalue weighted by Crippen LogP contribution is 2.32. The number of carbonyl (C=O) groups is 1. The normalized spacial score (nSPS) is 13.3. The zero-order chi connectivity index (χ0) is 26.1. The standard InChI is InChI=1S/C27H29F4N3O2/c1-18-16-20(8-10-23(18)28)22(21-9-11-24(34-17-21)27(29,30)31)12-13-32-25(19-6-4-3-5-7-19)26(35)33-14-15-36-2/h3-11,16-17,22,25,32H,12-15H2,1-2H3,(H,33,35)/t22-,25+/m1/s1. The molecule has 0 aliphatic rings. The molecule has 3 aromatic rings. The Balaban J connectivity index is 1.82. The van der Waals surface area contributed by atoms with E-state index in [1.807, 2.05) is 30.3 Å². The van der Waals surface area contributed by atoms with E-state index in [-0.39, 0.29) is 17.6 Å². The number of aryl methyl sites for hydroxylation is 1. The third-order valence-electron chi connectivity index (χ3n) is 5.85. The third kappa shape index (κ3) is 7.35. The molecule has 0 spiro atoms. The van der Waals surface area contributed by atoms with Crippen molar-refractivity contribution < 1.29 is 27.1 Å². The van der Waals surface area contributed by atoms with E-state index in [1.165, 1.54) is 18.3 Å². The van der Waals surface area contributed by atoms with Gasteiger partial charge in [0.1, 0.15) is 17.6 Å². The average Bonchev–Trinajstić information content (AvgIpc) is 2.86. The van der Waals surface area contributed by atoms with Gasteiger partial charge in [-0.15, -0.1) is 0 Å². The van der Waals surface area contributed by atoms with E-state index in [1.54, 1.807) is 26.2 Å². The predicted molar refractivity (Wildman–Crippen MR) is 129 cm³/mol. The molecule has 0 aliphatic heterocycles. The largest absolute Gasteiger partial charge is 0.433 e. The minimum Gasteiger partial charge on any atom is -0.383 e. The number of nitrogens with one attached hydrogen (secondary N) is 2. The average molecular weight is 504 g/mol. The first-order valence-electron chi connectivity index (χ1n) is 11.5. The molecule has 1 aromatic heterocycles. The van der Waals surface area contributed by atoms with Crippen molar-refractivity contribution in [3.63, 3.8) is 0 Å². The molecule has 0 aliphatic carbocycles. The molecule has 192 valence electrons. The number of nitrogens with zero attached hydrogens (tertiary/aromatic N) is 1. The minimum atomic E-state index is -4.54. The lowest BCUT2D eigenvalue weighted by Crippen LogP contribution is -2.39. The van der Waals surface area contributed by atoms with Crippen LogP contribution in [0.4, 0.5) is 17.6 Å². The summed E-state index contributed by atoms with van der Waals surface area (Å²) in [6.45, 7) is 2.73. The number of hydrogen-bond acceptors (Lipinski definition) is 4. The van der Waals surface area contributed by atoms with Gasteiger partial charge in [-0.2, -0.15) is 13.2 Å². The topological polar surface area (TPSA) is 63.2 Å². The quantitative estimate of drug-likeness (QED) is 0.280. The van der Waals surface area contributed by atoms with Crippen molar-refractivity contribution >= 4 is 5.91 Å². The van der Waals surface area contributed by atoms with Crippen molar-refractivity contribution in [3.8, 4) is 0 Å². The molecule has 9 heteroatoms. The van der Waals surface area contributed by atoms with Gasteiger partial charge in [0, 0.05) is 25.8 Å². The van der Waals surface area contributed by atoms with Crippen LogP contribution in [0.25, 0.3) is 0 Å². The van der Waals surface area contributed by atoms with E-state index < -0.39 is 17.9 Å². The molecule has 0 bridgehead atoms. The summed E-state index contributed by atoms with van der Waals surface area (Å²) < 4.78 is 58.0. The first-order valence-corrected chi connectivity index (χ1v) is 11.5.